The highest BCUT2D eigenvalue weighted by Gasteiger charge is 2.31. The number of pyridine rings is 1. The summed E-state index contributed by atoms with van der Waals surface area (Å²) in [4.78, 5) is 33.4. The van der Waals surface area contributed by atoms with E-state index in [1.165, 1.54) is 12.1 Å². The predicted octanol–water partition coefficient (Wildman–Crippen LogP) is 2.23. The topological polar surface area (TPSA) is 91.6 Å². The minimum atomic E-state index is -0.260. The van der Waals surface area contributed by atoms with Crippen LogP contribution in [0.5, 0.6) is 5.75 Å². The van der Waals surface area contributed by atoms with E-state index in [1.807, 2.05) is 28.9 Å². The van der Waals surface area contributed by atoms with Crippen molar-refractivity contribution < 1.29 is 14.7 Å². The van der Waals surface area contributed by atoms with Crippen molar-refractivity contribution in [2.75, 3.05) is 13.6 Å². The molecule has 0 aliphatic carbocycles. The molecule has 2 aromatic heterocycles. The van der Waals surface area contributed by atoms with Gasteiger partial charge in [0.25, 0.3) is 5.91 Å². The number of rotatable bonds is 5. The number of amides is 2. The van der Waals surface area contributed by atoms with Gasteiger partial charge >= 0.3 is 0 Å². The van der Waals surface area contributed by atoms with Crippen molar-refractivity contribution in [3.63, 3.8) is 0 Å². The van der Waals surface area contributed by atoms with E-state index < -0.39 is 0 Å². The Balaban J connectivity index is 1.48. The molecule has 4 rings (SSSR count). The van der Waals surface area contributed by atoms with Crippen LogP contribution < -0.4 is 0 Å². The lowest BCUT2D eigenvalue weighted by atomic mass is 10.1. The van der Waals surface area contributed by atoms with Crippen LogP contribution in [0.3, 0.4) is 0 Å². The molecule has 8 heteroatoms. The highest BCUT2D eigenvalue weighted by molar-refractivity contribution is 5.94. The number of carbonyl (C=O) groups excluding carboxylic acids is 2. The zero-order chi connectivity index (χ0) is 21.1. The molecule has 1 atom stereocenters. The van der Waals surface area contributed by atoms with Gasteiger partial charge in [0.05, 0.1) is 36.9 Å². The molecule has 30 heavy (non-hydrogen) atoms. The first-order valence-electron chi connectivity index (χ1n) is 9.76. The van der Waals surface area contributed by atoms with Gasteiger partial charge in [-0.2, -0.15) is 5.10 Å². The molecule has 0 spiro atoms. The van der Waals surface area contributed by atoms with Gasteiger partial charge in [0.2, 0.25) is 5.91 Å². The lowest BCUT2D eigenvalue weighted by molar-refractivity contribution is -0.131. The van der Waals surface area contributed by atoms with Crippen molar-refractivity contribution >= 4 is 11.8 Å². The number of phenolic OH excluding ortho intramolecular Hbond substituents is 1. The van der Waals surface area contributed by atoms with E-state index in [2.05, 4.69) is 10.1 Å². The maximum Gasteiger partial charge on any atom is 0.254 e. The van der Waals surface area contributed by atoms with E-state index in [0.29, 0.717) is 25.2 Å². The van der Waals surface area contributed by atoms with Crippen molar-refractivity contribution in [1.82, 2.24) is 24.6 Å². The van der Waals surface area contributed by atoms with Gasteiger partial charge in [-0.3, -0.25) is 19.3 Å². The highest BCUT2D eigenvalue weighted by Crippen LogP contribution is 2.25. The number of phenols is 1. The Labute approximate surface area is 174 Å². The quantitative estimate of drug-likeness (QED) is 0.703. The monoisotopic (exact) mass is 405 g/mol. The third-order valence-corrected chi connectivity index (χ3v) is 5.22. The Kier molecular flexibility index (Phi) is 5.47. The first-order valence-corrected chi connectivity index (χ1v) is 9.76. The molecule has 2 amide bonds. The van der Waals surface area contributed by atoms with Gasteiger partial charge < -0.3 is 14.9 Å². The second-order valence-corrected chi connectivity index (χ2v) is 7.43. The molecular weight excluding hydrogens is 382 g/mol. The van der Waals surface area contributed by atoms with Crippen molar-refractivity contribution in [2.24, 2.45) is 0 Å². The summed E-state index contributed by atoms with van der Waals surface area (Å²) in [5, 5.41) is 14.1. The second-order valence-electron chi connectivity index (χ2n) is 7.43. The molecule has 3 heterocycles. The second kappa shape index (κ2) is 8.36. The molecular formula is C22H23N5O3. The van der Waals surface area contributed by atoms with Crippen LogP contribution in [0.25, 0.3) is 0 Å². The number of fused-ring (bicyclic) bond motifs is 1. The fourth-order valence-corrected chi connectivity index (χ4v) is 3.69. The van der Waals surface area contributed by atoms with E-state index in [0.717, 1.165) is 11.4 Å². The maximum atomic E-state index is 13.0. The minimum Gasteiger partial charge on any atom is -0.508 e. The van der Waals surface area contributed by atoms with E-state index in [4.69, 9.17) is 0 Å². The zero-order valence-electron chi connectivity index (χ0n) is 16.7. The SMILES string of the molecule is CN(Cc1ccccn1)C(=O)C[C@@H]1CN(C(=O)c2cccc(O)c2)Cc2ccnn21. The van der Waals surface area contributed by atoms with Crippen LogP contribution in [0.15, 0.2) is 60.9 Å². The Hall–Kier alpha value is -3.68. The molecule has 0 unspecified atom stereocenters. The number of nitrogens with zero attached hydrogens (tertiary/aromatic N) is 5. The highest BCUT2D eigenvalue weighted by atomic mass is 16.3. The number of hydrogen-bond donors (Lipinski definition) is 1. The zero-order valence-corrected chi connectivity index (χ0v) is 16.7. The van der Waals surface area contributed by atoms with Gasteiger partial charge in [0.1, 0.15) is 5.75 Å². The maximum absolute atomic E-state index is 13.0. The standard InChI is InChI=1S/C22H23N5O3/c1-25(13-17-6-2-3-9-23-17)21(29)12-19-15-26(14-18-8-10-24-27(18)19)22(30)16-5-4-7-20(28)11-16/h2-11,19,28H,12-15H2,1H3/t19-/m1/s1. The van der Waals surface area contributed by atoms with Gasteiger partial charge in [-0.15, -0.1) is 0 Å². The Morgan fingerprint density at radius 2 is 2.03 bits per heavy atom. The molecule has 1 aliphatic heterocycles. The van der Waals surface area contributed by atoms with Crippen LogP contribution in [0.4, 0.5) is 0 Å². The lowest BCUT2D eigenvalue weighted by Gasteiger charge is -2.34. The first-order chi connectivity index (χ1) is 14.5. The molecule has 154 valence electrons. The van der Waals surface area contributed by atoms with E-state index in [1.54, 1.807) is 41.4 Å². The summed E-state index contributed by atoms with van der Waals surface area (Å²) in [5.74, 6) is -0.179. The molecule has 8 nitrogen and oxygen atoms in total. The van der Waals surface area contributed by atoms with Gasteiger partial charge in [0, 0.05) is 31.5 Å². The number of aromatic nitrogens is 3. The van der Waals surface area contributed by atoms with Crippen LogP contribution in [-0.2, 0) is 17.9 Å². The molecule has 0 radical (unpaired) electrons. The Morgan fingerprint density at radius 1 is 1.17 bits per heavy atom. The Morgan fingerprint density at radius 3 is 2.80 bits per heavy atom. The largest absolute Gasteiger partial charge is 0.508 e. The lowest BCUT2D eigenvalue weighted by Crippen LogP contribution is -2.43. The average molecular weight is 405 g/mol. The average Bonchev–Trinajstić information content (AvgIpc) is 3.23. The molecule has 3 aromatic rings. The van der Waals surface area contributed by atoms with Crippen LogP contribution in [-0.4, -0.2) is 55.1 Å². The van der Waals surface area contributed by atoms with E-state index >= 15 is 0 Å². The molecule has 1 N–H and O–H groups in total. The van der Waals surface area contributed by atoms with Crippen molar-refractivity contribution in [2.45, 2.75) is 25.6 Å². The minimum absolute atomic E-state index is 0.0428. The number of aromatic hydroxyl groups is 1. The molecule has 0 saturated heterocycles. The Bertz CT molecular complexity index is 1050. The van der Waals surface area contributed by atoms with Crippen molar-refractivity contribution in [1.29, 1.82) is 0 Å². The normalized spacial score (nSPS) is 15.5. The van der Waals surface area contributed by atoms with Gasteiger partial charge in [-0.1, -0.05) is 12.1 Å². The van der Waals surface area contributed by atoms with E-state index in [-0.39, 0.29) is 30.0 Å². The fraction of sp³-hybridized carbons (Fsp3) is 0.273. The van der Waals surface area contributed by atoms with Crippen molar-refractivity contribution in [3.8, 4) is 5.75 Å². The van der Waals surface area contributed by atoms with Gasteiger partial charge in [-0.25, -0.2) is 0 Å². The molecule has 0 fully saturated rings. The van der Waals surface area contributed by atoms with Gasteiger partial charge in [-0.05, 0) is 36.4 Å². The van der Waals surface area contributed by atoms with Crippen LogP contribution in [0.1, 0.15) is 34.2 Å². The van der Waals surface area contributed by atoms with Crippen LogP contribution >= 0.6 is 0 Å². The molecule has 1 aromatic carbocycles. The summed E-state index contributed by atoms with van der Waals surface area (Å²) in [6.07, 6.45) is 3.62. The third-order valence-electron chi connectivity index (χ3n) is 5.22. The van der Waals surface area contributed by atoms with Crippen LogP contribution in [0, 0.1) is 0 Å². The number of benzene rings is 1. The summed E-state index contributed by atoms with van der Waals surface area (Å²) in [6.45, 7) is 1.19. The summed E-state index contributed by atoms with van der Waals surface area (Å²) < 4.78 is 1.83. The van der Waals surface area contributed by atoms with Crippen molar-refractivity contribution in [3.05, 3.63) is 77.9 Å². The summed E-state index contributed by atoms with van der Waals surface area (Å²) in [5.41, 5.74) is 2.11. The summed E-state index contributed by atoms with van der Waals surface area (Å²) >= 11 is 0. The summed E-state index contributed by atoms with van der Waals surface area (Å²) in [7, 11) is 1.75. The smallest absolute Gasteiger partial charge is 0.254 e. The summed E-state index contributed by atoms with van der Waals surface area (Å²) in [6, 6.07) is 13.5. The molecule has 0 bridgehead atoms. The molecule has 1 aliphatic rings. The number of hydrogen-bond acceptors (Lipinski definition) is 5. The first kappa shape index (κ1) is 19.6. The molecule has 0 saturated carbocycles. The predicted molar refractivity (Wildman–Crippen MR) is 109 cm³/mol. The fourth-order valence-electron chi connectivity index (χ4n) is 3.69. The van der Waals surface area contributed by atoms with E-state index in [9.17, 15) is 14.7 Å². The van der Waals surface area contributed by atoms with Crippen LogP contribution in [0.2, 0.25) is 0 Å². The number of carbonyl (C=O) groups is 2. The third kappa shape index (κ3) is 4.17. The van der Waals surface area contributed by atoms with Gasteiger partial charge in [0.15, 0.2) is 0 Å².